The average molecular weight is 247 g/mol. The Kier molecular flexibility index (Phi) is 4.43. The van der Waals surface area contributed by atoms with E-state index in [1.807, 2.05) is 6.92 Å². The minimum Gasteiger partial charge on any atom is -0.490 e. The molecule has 2 nitrogen and oxygen atoms in total. The smallest absolute Gasteiger partial charge is 0.133 e. The number of ether oxygens (including phenoxy) is 1. The highest BCUT2D eigenvalue weighted by molar-refractivity contribution is 6.34. The van der Waals surface area contributed by atoms with Crippen LogP contribution in [0.15, 0.2) is 18.2 Å². The van der Waals surface area contributed by atoms with Crippen LogP contribution >= 0.6 is 23.2 Å². The first-order chi connectivity index (χ1) is 6.97. The Bertz CT molecular complexity index is 343. The molecule has 0 aromatic heterocycles. The van der Waals surface area contributed by atoms with Crippen molar-refractivity contribution in [2.45, 2.75) is 26.4 Å². The van der Waals surface area contributed by atoms with Crippen molar-refractivity contribution in [2.24, 2.45) is 0 Å². The lowest BCUT2D eigenvalue weighted by Crippen LogP contribution is -2.15. The average Bonchev–Trinajstić information content (AvgIpc) is 1.98. The van der Waals surface area contributed by atoms with Gasteiger partial charge in [-0.2, -0.15) is 0 Å². The maximum atomic E-state index is 10.8. The van der Waals surface area contributed by atoms with Crippen LogP contribution < -0.4 is 4.74 Å². The summed E-state index contributed by atoms with van der Waals surface area (Å²) in [7, 11) is 0. The topological polar surface area (TPSA) is 26.3 Å². The van der Waals surface area contributed by atoms with E-state index in [1.165, 1.54) is 6.92 Å². The van der Waals surface area contributed by atoms with Crippen LogP contribution in [-0.4, -0.2) is 11.9 Å². The van der Waals surface area contributed by atoms with Gasteiger partial charge in [0.05, 0.1) is 0 Å². The predicted octanol–water partition coefficient (Wildman–Crippen LogP) is 3.74. The number of halogens is 2. The molecule has 15 heavy (non-hydrogen) atoms. The first kappa shape index (κ1) is 12.3. The normalized spacial score (nSPS) is 12.3. The SMILES string of the molecule is CC(=O)CC(C)Oc1cc(Cl)cc(Cl)c1. The molecule has 0 aliphatic rings. The number of hydrogen-bond donors (Lipinski definition) is 0. The summed E-state index contributed by atoms with van der Waals surface area (Å²) in [5.41, 5.74) is 0. The summed E-state index contributed by atoms with van der Waals surface area (Å²) in [4.78, 5) is 10.8. The van der Waals surface area contributed by atoms with Crippen molar-refractivity contribution in [2.75, 3.05) is 0 Å². The van der Waals surface area contributed by atoms with Crippen LogP contribution in [0.2, 0.25) is 10.0 Å². The van der Waals surface area contributed by atoms with Crippen LogP contribution in [0.5, 0.6) is 5.75 Å². The number of carbonyl (C=O) groups is 1. The molecule has 0 aliphatic heterocycles. The van der Waals surface area contributed by atoms with Gasteiger partial charge in [-0.1, -0.05) is 23.2 Å². The number of hydrogen-bond acceptors (Lipinski definition) is 2. The van der Waals surface area contributed by atoms with Crippen LogP contribution in [0.1, 0.15) is 20.3 Å². The van der Waals surface area contributed by atoms with Gasteiger partial charge >= 0.3 is 0 Å². The highest BCUT2D eigenvalue weighted by Crippen LogP contribution is 2.25. The van der Waals surface area contributed by atoms with E-state index in [9.17, 15) is 4.79 Å². The molecule has 1 rings (SSSR count). The first-order valence-corrected chi connectivity index (χ1v) is 5.35. The molecule has 0 fully saturated rings. The second kappa shape index (κ2) is 5.38. The van der Waals surface area contributed by atoms with Crippen molar-refractivity contribution in [3.8, 4) is 5.75 Å². The molecule has 1 atom stereocenters. The van der Waals surface area contributed by atoms with Gasteiger partial charge in [0.15, 0.2) is 0 Å². The molecule has 0 spiro atoms. The maximum absolute atomic E-state index is 10.8. The largest absolute Gasteiger partial charge is 0.490 e. The molecule has 0 amide bonds. The van der Waals surface area contributed by atoms with Gasteiger partial charge in [-0.25, -0.2) is 0 Å². The highest BCUT2D eigenvalue weighted by atomic mass is 35.5. The number of rotatable bonds is 4. The Morgan fingerprint density at radius 3 is 2.33 bits per heavy atom. The second-order valence-electron chi connectivity index (χ2n) is 3.44. The maximum Gasteiger partial charge on any atom is 0.133 e. The number of Topliss-reactive ketones (excluding diaryl/α,β-unsaturated/α-hetero) is 1. The second-order valence-corrected chi connectivity index (χ2v) is 4.31. The zero-order chi connectivity index (χ0) is 11.4. The fourth-order valence-corrected chi connectivity index (χ4v) is 1.78. The molecule has 1 unspecified atom stereocenters. The molecule has 0 N–H and O–H groups in total. The molecule has 0 heterocycles. The molecular formula is C11H12Cl2O2. The summed E-state index contributed by atoms with van der Waals surface area (Å²) in [6.45, 7) is 3.36. The van der Waals surface area contributed by atoms with Gasteiger partial charge in [-0.15, -0.1) is 0 Å². The number of benzene rings is 1. The zero-order valence-electron chi connectivity index (χ0n) is 8.59. The predicted molar refractivity (Wildman–Crippen MR) is 61.9 cm³/mol. The fourth-order valence-electron chi connectivity index (χ4n) is 1.28. The summed E-state index contributed by atoms with van der Waals surface area (Å²) in [5.74, 6) is 0.678. The van der Waals surface area contributed by atoms with Crippen molar-refractivity contribution in [3.05, 3.63) is 28.2 Å². The van der Waals surface area contributed by atoms with E-state index in [-0.39, 0.29) is 11.9 Å². The van der Waals surface area contributed by atoms with E-state index in [2.05, 4.69) is 0 Å². The standard InChI is InChI=1S/C11H12Cl2O2/c1-7(14)3-8(2)15-11-5-9(12)4-10(13)6-11/h4-6,8H,3H2,1-2H3. The van der Waals surface area contributed by atoms with Crippen LogP contribution in [-0.2, 0) is 4.79 Å². The van der Waals surface area contributed by atoms with Crippen LogP contribution in [0.4, 0.5) is 0 Å². The van der Waals surface area contributed by atoms with Gasteiger partial charge in [-0.05, 0) is 32.0 Å². The van der Waals surface area contributed by atoms with Crippen LogP contribution in [0.25, 0.3) is 0 Å². The summed E-state index contributed by atoms with van der Waals surface area (Å²) in [5, 5.41) is 1.04. The molecular weight excluding hydrogens is 235 g/mol. The lowest BCUT2D eigenvalue weighted by Gasteiger charge is -2.13. The number of carbonyl (C=O) groups excluding carboxylic acids is 1. The van der Waals surface area contributed by atoms with E-state index >= 15 is 0 Å². The van der Waals surface area contributed by atoms with Gasteiger partial charge in [0.25, 0.3) is 0 Å². The summed E-state index contributed by atoms with van der Waals surface area (Å²) >= 11 is 11.6. The molecule has 0 bridgehead atoms. The Morgan fingerprint density at radius 2 is 1.87 bits per heavy atom. The Hall–Kier alpha value is -0.730. The van der Waals surface area contributed by atoms with Crippen molar-refractivity contribution in [1.29, 1.82) is 0 Å². The molecule has 0 radical (unpaired) electrons. The van der Waals surface area contributed by atoms with E-state index in [0.717, 1.165) is 0 Å². The molecule has 1 aromatic carbocycles. The van der Waals surface area contributed by atoms with Gasteiger partial charge in [0.1, 0.15) is 17.6 Å². The third-order valence-electron chi connectivity index (χ3n) is 1.75. The van der Waals surface area contributed by atoms with Crippen molar-refractivity contribution < 1.29 is 9.53 Å². The van der Waals surface area contributed by atoms with Crippen molar-refractivity contribution >= 4 is 29.0 Å². The summed E-state index contributed by atoms with van der Waals surface area (Å²) in [6.07, 6.45) is 0.210. The van der Waals surface area contributed by atoms with Crippen molar-refractivity contribution in [3.63, 3.8) is 0 Å². The van der Waals surface area contributed by atoms with Gasteiger partial charge < -0.3 is 4.74 Å². The Balaban J connectivity index is 2.67. The van der Waals surface area contributed by atoms with Crippen molar-refractivity contribution in [1.82, 2.24) is 0 Å². The van der Waals surface area contributed by atoms with E-state index in [4.69, 9.17) is 27.9 Å². The highest BCUT2D eigenvalue weighted by Gasteiger charge is 2.08. The molecule has 4 heteroatoms. The lowest BCUT2D eigenvalue weighted by atomic mass is 10.2. The molecule has 0 saturated carbocycles. The third-order valence-corrected chi connectivity index (χ3v) is 2.18. The Labute approximate surface area is 99.1 Å². The van der Waals surface area contributed by atoms with Gasteiger partial charge in [0, 0.05) is 16.5 Å². The van der Waals surface area contributed by atoms with Gasteiger partial charge in [0.2, 0.25) is 0 Å². The molecule has 1 aromatic rings. The third kappa shape index (κ3) is 4.54. The monoisotopic (exact) mass is 246 g/mol. The van der Waals surface area contributed by atoms with E-state index < -0.39 is 0 Å². The van der Waals surface area contributed by atoms with Crippen LogP contribution in [0, 0.1) is 0 Å². The molecule has 0 saturated heterocycles. The summed E-state index contributed by atoms with van der Waals surface area (Å²) in [6, 6.07) is 4.97. The lowest BCUT2D eigenvalue weighted by molar-refractivity contribution is -0.118. The quantitative estimate of drug-likeness (QED) is 0.810. The van der Waals surface area contributed by atoms with Crippen LogP contribution in [0.3, 0.4) is 0 Å². The Morgan fingerprint density at radius 1 is 1.33 bits per heavy atom. The van der Waals surface area contributed by atoms with Gasteiger partial charge in [-0.3, -0.25) is 4.79 Å². The first-order valence-electron chi connectivity index (χ1n) is 4.59. The molecule has 0 aliphatic carbocycles. The van der Waals surface area contributed by atoms with E-state index in [0.29, 0.717) is 22.2 Å². The zero-order valence-corrected chi connectivity index (χ0v) is 10.1. The molecule has 82 valence electrons. The van der Waals surface area contributed by atoms with E-state index in [1.54, 1.807) is 18.2 Å². The minimum atomic E-state index is -0.169. The minimum absolute atomic E-state index is 0.0932. The summed E-state index contributed by atoms with van der Waals surface area (Å²) < 4.78 is 5.50. The number of ketones is 1. The fraction of sp³-hybridized carbons (Fsp3) is 0.364.